The number of aryl methyl sites for hydroxylation is 6. The van der Waals surface area contributed by atoms with Crippen molar-refractivity contribution < 1.29 is 57.4 Å². The van der Waals surface area contributed by atoms with Crippen molar-refractivity contribution in [1.82, 2.24) is 5.32 Å². The van der Waals surface area contributed by atoms with Crippen molar-refractivity contribution in [3.05, 3.63) is 80.3 Å². The van der Waals surface area contributed by atoms with Crippen LogP contribution in [0.1, 0.15) is 110 Å². The average Bonchev–Trinajstić information content (AvgIpc) is 3.98. The summed E-state index contributed by atoms with van der Waals surface area (Å²) >= 11 is 0. The van der Waals surface area contributed by atoms with Crippen molar-refractivity contribution in [3.63, 3.8) is 0 Å². The molecule has 2 saturated carbocycles. The second-order valence-corrected chi connectivity index (χ2v) is 16.4. The average molecular weight is 831 g/mol. The van der Waals surface area contributed by atoms with E-state index in [1.165, 1.54) is 6.08 Å². The first-order valence-corrected chi connectivity index (χ1v) is 20.9. The lowest BCUT2D eigenvalue weighted by atomic mass is 9.79. The van der Waals surface area contributed by atoms with E-state index in [-0.39, 0.29) is 5.76 Å². The standard InChI is InChI=1S/C23H29NO6.C20H24O5.C3H5NO/c1-5-24-21(26)29-19-18(17-13-15(3)14(2)12-16(17)4)20(25)30-22(19)6-8-23(9-7-22)27-10-11-28-23;1-12-10-14(3)15(11-13(12)2)16-17(21)19(25-18(16)22)4-6-20(7-5-19)23-8-9-24-20;1-2-4-3-5/h12-13H,5-11H2,1-4H3,(H,24,26);10-11,21H,4-9H2,1-3H3;2H2,1H3. The molecule has 0 aromatic heterocycles. The molecule has 4 aliphatic heterocycles. The van der Waals surface area contributed by atoms with Crippen LogP contribution >= 0.6 is 0 Å². The molecular weight excluding hydrogens is 773 g/mol. The molecule has 60 heavy (non-hydrogen) atoms. The second kappa shape index (κ2) is 18.0. The number of nitrogens with zero attached hydrogens (tertiary/aromatic N) is 1. The van der Waals surface area contributed by atoms with Crippen LogP contribution in [0.3, 0.4) is 0 Å². The van der Waals surface area contributed by atoms with Crippen molar-refractivity contribution in [2.24, 2.45) is 4.99 Å². The van der Waals surface area contributed by atoms with E-state index in [0.717, 1.165) is 44.5 Å². The van der Waals surface area contributed by atoms with E-state index >= 15 is 0 Å². The molecule has 0 bridgehead atoms. The molecule has 8 rings (SSSR count). The number of ether oxygens (including phenoxy) is 7. The Morgan fingerprint density at radius 2 is 1.08 bits per heavy atom. The molecule has 14 nitrogen and oxygen atoms in total. The lowest BCUT2D eigenvalue weighted by molar-refractivity contribution is -0.205. The number of carbonyl (C=O) groups is 3. The fraction of sp³-hybridized carbons (Fsp3) is 0.565. The third-order valence-electron chi connectivity index (χ3n) is 12.5. The Morgan fingerprint density at radius 3 is 1.52 bits per heavy atom. The number of hydrogen-bond donors (Lipinski definition) is 2. The van der Waals surface area contributed by atoms with Crippen LogP contribution in [0, 0.1) is 41.5 Å². The van der Waals surface area contributed by atoms with Gasteiger partial charge in [0, 0.05) is 38.8 Å². The second-order valence-electron chi connectivity index (χ2n) is 16.4. The van der Waals surface area contributed by atoms with Crippen molar-refractivity contribution in [2.75, 3.05) is 39.5 Å². The predicted molar refractivity (Wildman–Crippen MR) is 220 cm³/mol. The highest BCUT2D eigenvalue weighted by Gasteiger charge is 2.57. The van der Waals surface area contributed by atoms with E-state index in [1.807, 2.05) is 72.7 Å². The van der Waals surface area contributed by atoms with Gasteiger partial charge in [-0.05, 0) is 126 Å². The van der Waals surface area contributed by atoms with Crippen LogP contribution in [-0.2, 0) is 47.5 Å². The van der Waals surface area contributed by atoms with E-state index in [0.29, 0.717) is 108 Å². The normalized spacial score (nSPS) is 21.6. The number of carbonyl (C=O) groups excluding carboxylic acids is 4. The number of amides is 1. The Bertz CT molecular complexity index is 2100. The summed E-state index contributed by atoms with van der Waals surface area (Å²) in [4.78, 5) is 50.4. The zero-order valence-corrected chi connectivity index (χ0v) is 36.1. The molecule has 324 valence electrons. The number of esters is 2. The largest absolute Gasteiger partial charge is 0.507 e. The number of alkyl carbamates (subject to hydrolysis) is 1. The fourth-order valence-electron chi connectivity index (χ4n) is 8.92. The molecule has 2 N–H and O–H groups in total. The van der Waals surface area contributed by atoms with Crippen molar-refractivity contribution >= 4 is 35.3 Å². The van der Waals surface area contributed by atoms with Gasteiger partial charge in [0.05, 0.1) is 26.4 Å². The topological polar surface area (TPSA) is 178 Å². The highest BCUT2D eigenvalue weighted by molar-refractivity contribution is 6.21. The summed E-state index contributed by atoms with van der Waals surface area (Å²) in [6.07, 6.45) is 5.15. The van der Waals surface area contributed by atoms with Gasteiger partial charge in [0.1, 0.15) is 11.1 Å². The van der Waals surface area contributed by atoms with Gasteiger partial charge >= 0.3 is 18.0 Å². The summed E-state index contributed by atoms with van der Waals surface area (Å²) in [5.74, 6) is -1.70. The van der Waals surface area contributed by atoms with Crippen molar-refractivity contribution in [2.45, 2.75) is 130 Å². The maximum absolute atomic E-state index is 13.1. The van der Waals surface area contributed by atoms with Gasteiger partial charge in [-0.25, -0.2) is 24.2 Å². The number of aliphatic hydroxyl groups excluding tert-OH is 1. The summed E-state index contributed by atoms with van der Waals surface area (Å²) in [5.41, 5.74) is 6.59. The predicted octanol–water partition coefficient (Wildman–Crippen LogP) is 7.52. The van der Waals surface area contributed by atoms with Gasteiger partial charge in [0.15, 0.2) is 34.3 Å². The van der Waals surface area contributed by atoms with Gasteiger partial charge in [-0.2, -0.15) is 0 Å². The van der Waals surface area contributed by atoms with Gasteiger partial charge in [-0.1, -0.05) is 24.3 Å². The summed E-state index contributed by atoms with van der Waals surface area (Å²) in [6, 6.07) is 8.01. The molecule has 14 heteroatoms. The molecule has 2 aromatic rings. The van der Waals surface area contributed by atoms with Crippen LogP contribution in [0.5, 0.6) is 0 Å². The van der Waals surface area contributed by atoms with Gasteiger partial charge in [0.2, 0.25) is 6.08 Å². The van der Waals surface area contributed by atoms with Crippen molar-refractivity contribution in [1.29, 1.82) is 0 Å². The first-order valence-electron chi connectivity index (χ1n) is 20.9. The number of benzene rings is 2. The lowest BCUT2D eigenvalue weighted by Gasteiger charge is -2.40. The summed E-state index contributed by atoms with van der Waals surface area (Å²) in [7, 11) is 0. The molecular formula is C46H58N2O12. The first kappa shape index (κ1) is 44.7. The molecule has 0 unspecified atom stereocenters. The molecule has 2 aromatic carbocycles. The molecule has 4 fully saturated rings. The van der Waals surface area contributed by atoms with E-state index < -0.39 is 40.8 Å². The van der Waals surface area contributed by atoms with Gasteiger partial charge in [-0.3, -0.25) is 0 Å². The van der Waals surface area contributed by atoms with Crippen LogP contribution in [-0.4, -0.2) is 91.5 Å². The van der Waals surface area contributed by atoms with Crippen LogP contribution in [0.2, 0.25) is 0 Å². The number of aliphatic imine (C=N–C) groups is 1. The number of nitrogens with one attached hydrogen (secondary N) is 1. The minimum Gasteiger partial charge on any atom is -0.507 e. The zero-order chi connectivity index (χ0) is 43.5. The molecule has 2 saturated heterocycles. The van der Waals surface area contributed by atoms with E-state index in [4.69, 9.17) is 38.0 Å². The highest BCUT2D eigenvalue weighted by atomic mass is 16.7. The Hall–Kier alpha value is -4.85. The summed E-state index contributed by atoms with van der Waals surface area (Å²) in [5, 5.41) is 13.6. The maximum Gasteiger partial charge on any atom is 0.412 e. The number of rotatable bonds is 5. The van der Waals surface area contributed by atoms with E-state index in [9.17, 15) is 19.5 Å². The Balaban J connectivity index is 0.000000183. The minimum absolute atomic E-state index is 0.0664. The Morgan fingerprint density at radius 1 is 0.667 bits per heavy atom. The van der Waals surface area contributed by atoms with Crippen LogP contribution in [0.4, 0.5) is 4.79 Å². The zero-order valence-electron chi connectivity index (χ0n) is 36.1. The summed E-state index contributed by atoms with van der Waals surface area (Å²) < 4.78 is 40.6. The Labute approximate surface area is 351 Å². The third-order valence-corrected chi connectivity index (χ3v) is 12.5. The number of hydrogen-bond acceptors (Lipinski definition) is 13. The van der Waals surface area contributed by atoms with Crippen LogP contribution < -0.4 is 5.32 Å². The van der Waals surface area contributed by atoms with E-state index in [1.54, 1.807) is 6.92 Å². The molecule has 4 heterocycles. The molecule has 0 radical (unpaired) electrons. The molecule has 0 atom stereocenters. The monoisotopic (exact) mass is 830 g/mol. The quantitative estimate of drug-likeness (QED) is 0.131. The van der Waals surface area contributed by atoms with Gasteiger partial charge in [0.25, 0.3) is 0 Å². The first-order chi connectivity index (χ1) is 28.6. The van der Waals surface area contributed by atoms with Crippen LogP contribution in [0.25, 0.3) is 11.1 Å². The minimum atomic E-state index is -0.983. The highest BCUT2D eigenvalue weighted by Crippen LogP contribution is 2.52. The van der Waals surface area contributed by atoms with Gasteiger partial charge in [-0.15, -0.1) is 0 Å². The molecule has 6 aliphatic rings. The lowest BCUT2D eigenvalue weighted by Crippen LogP contribution is -2.46. The SMILES string of the molecule is CCN=C=O.CCNC(=O)OC1=C(c2cc(C)c(C)cc2C)C(=O)OC12CCC1(CC2)OCCO1.Cc1cc(C)c(C2=C(O)C3(CCC4(CC3)OCCO4)OC2=O)cc1C. The van der Waals surface area contributed by atoms with Crippen LogP contribution in [0.15, 0.2) is 40.8 Å². The van der Waals surface area contributed by atoms with E-state index in [2.05, 4.69) is 10.3 Å². The molecule has 1 amide bonds. The molecule has 4 spiro atoms. The van der Waals surface area contributed by atoms with Gasteiger partial charge < -0.3 is 43.6 Å². The molecule has 2 aliphatic carbocycles. The fourth-order valence-corrected chi connectivity index (χ4v) is 8.92. The smallest absolute Gasteiger partial charge is 0.412 e. The number of aliphatic hydroxyl groups is 1. The Kier molecular flexibility index (Phi) is 13.4. The summed E-state index contributed by atoms with van der Waals surface area (Å²) in [6.45, 7) is 18.9. The maximum atomic E-state index is 13.1. The van der Waals surface area contributed by atoms with Crippen molar-refractivity contribution in [3.8, 4) is 0 Å². The number of isocyanates is 1. The third kappa shape index (κ3) is 8.80.